The molecular formula is C23H27N3O4S. The van der Waals surface area contributed by atoms with Gasteiger partial charge in [-0.05, 0) is 74.6 Å². The topological polar surface area (TPSA) is 86.8 Å². The van der Waals surface area contributed by atoms with Crippen LogP contribution in [0.15, 0.2) is 47.4 Å². The maximum atomic E-state index is 13.4. The molecule has 2 aromatic rings. The van der Waals surface area contributed by atoms with Crippen molar-refractivity contribution in [1.29, 1.82) is 0 Å². The lowest BCUT2D eigenvalue weighted by Gasteiger charge is -2.24. The third kappa shape index (κ3) is 3.97. The molecule has 0 aliphatic carbocycles. The summed E-state index contributed by atoms with van der Waals surface area (Å²) in [5.41, 5.74) is 3.27. The van der Waals surface area contributed by atoms with Crippen molar-refractivity contribution in [3.05, 3.63) is 53.6 Å². The highest BCUT2D eigenvalue weighted by Crippen LogP contribution is 2.35. The van der Waals surface area contributed by atoms with Crippen molar-refractivity contribution in [1.82, 2.24) is 4.31 Å². The molecule has 0 radical (unpaired) electrons. The maximum absolute atomic E-state index is 13.4. The molecule has 8 heteroatoms. The third-order valence-electron chi connectivity index (χ3n) is 6.00. The second-order valence-electron chi connectivity index (χ2n) is 8.37. The van der Waals surface area contributed by atoms with Gasteiger partial charge in [-0.3, -0.25) is 9.59 Å². The maximum Gasteiger partial charge on any atom is 0.243 e. The van der Waals surface area contributed by atoms with Gasteiger partial charge in [0.15, 0.2) is 0 Å². The average Bonchev–Trinajstić information content (AvgIpc) is 3.31. The van der Waals surface area contributed by atoms with E-state index >= 15 is 0 Å². The fourth-order valence-electron chi connectivity index (χ4n) is 4.62. The number of carbonyl (C=O) groups is 2. The van der Waals surface area contributed by atoms with Gasteiger partial charge in [0, 0.05) is 30.9 Å². The SMILES string of the molecule is CC(=O)N1c2ccc(S(=O)(=O)N3CCC[C@@H]3C(=O)Nc3cccc(C)c3)cc2C[C@H]1C. The number of sulfonamides is 1. The molecule has 0 bridgehead atoms. The molecule has 0 aromatic heterocycles. The summed E-state index contributed by atoms with van der Waals surface area (Å²) >= 11 is 0. The van der Waals surface area contributed by atoms with Gasteiger partial charge in [-0.25, -0.2) is 8.42 Å². The molecule has 0 spiro atoms. The predicted molar refractivity (Wildman–Crippen MR) is 119 cm³/mol. The van der Waals surface area contributed by atoms with E-state index in [0.29, 0.717) is 31.5 Å². The zero-order valence-corrected chi connectivity index (χ0v) is 18.8. The summed E-state index contributed by atoms with van der Waals surface area (Å²) in [6, 6.07) is 11.6. The lowest BCUT2D eigenvalue weighted by Crippen LogP contribution is -2.43. The Morgan fingerprint density at radius 2 is 1.90 bits per heavy atom. The molecule has 2 aliphatic heterocycles. The number of fused-ring (bicyclic) bond motifs is 1. The Kier molecular flexibility index (Phi) is 5.61. The molecule has 31 heavy (non-hydrogen) atoms. The average molecular weight is 442 g/mol. The molecule has 1 saturated heterocycles. The van der Waals surface area contributed by atoms with E-state index in [0.717, 1.165) is 16.8 Å². The van der Waals surface area contributed by atoms with E-state index in [-0.39, 0.29) is 22.8 Å². The number of nitrogens with one attached hydrogen (secondary N) is 1. The monoisotopic (exact) mass is 441 g/mol. The van der Waals surface area contributed by atoms with Crippen LogP contribution >= 0.6 is 0 Å². The first kappa shape index (κ1) is 21.5. The normalized spacial score (nSPS) is 21.2. The molecule has 2 amide bonds. The van der Waals surface area contributed by atoms with Crippen LogP contribution in [0.5, 0.6) is 0 Å². The van der Waals surface area contributed by atoms with Crippen LogP contribution in [0.4, 0.5) is 11.4 Å². The number of amides is 2. The zero-order valence-electron chi connectivity index (χ0n) is 18.0. The van der Waals surface area contributed by atoms with Gasteiger partial charge in [0.1, 0.15) is 6.04 Å². The van der Waals surface area contributed by atoms with Crippen LogP contribution in [0.1, 0.15) is 37.8 Å². The van der Waals surface area contributed by atoms with Gasteiger partial charge in [0.25, 0.3) is 0 Å². The molecule has 0 saturated carbocycles. The van der Waals surface area contributed by atoms with Gasteiger partial charge in [0.2, 0.25) is 21.8 Å². The molecular weight excluding hydrogens is 414 g/mol. The van der Waals surface area contributed by atoms with Crippen LogP contribution in [0.3, 0.4) is 0 Å². The second kappa shape index (κ2) is 8.09. The highest BCUT2D eigenvalue weighted by atomic mass is 32.2. The number of aryl methyl sites for hydroxylation is 1. The van der Waals surface area contributed by atoms with Crippen molar-refractivity contribution in [2.45, 2.75) is 57.0 Å². The number of hydrogen-bond donors (Lipinski definition) is 1. The standard InChI is InChI=1S/C23H27N3O4S/c1-15-6-4-7-19(12-15)24-23(28)22-8-5-11-25(22)31(29,30)20-9-10-21-18(14-20)13-16(2)26(21)17(3)27/h4,6-7,9-10,12,14,16,22H,5,8,11,13H2,1-3H3,(H,24,28)/t16-,22-/m1/s1. The van der Waals surface area contributed by atoms with Crippen LogP contribution in [0.2, 0.25) is 0 Å². The molecule has 1 N–H and O–H groups in total. The number of anilines is 2. The van der Waals surface area contributed by atoms with E-state index in [9.17, 15) is 18.0 Å². The van der Waals surface area contributed by atoms with Gasteiger partial charge in [-0.15, -0.1) is 0 Å². The van der Waals surface area contributed by atoms with Gasteiger partial charge in [-0.2, -0.15) is 4.31 Å². The molecule has 4 rings (SSSR count). The minimum absolute atomic E-state index is 0.00917. The second-order valence-corrected chi connectivity index (χ2v) is 10.3. The zero-order chi connectivity index (χ0) is 22.3. The number of benzene rings is 2. The highest BCUT2D eigenvalue weighted by Gasteiger charge is 2.40. The van der Waals surface area contributed by atoms with Gasteiger partial charge in [-0.1, -0.05) is 12.1 Å². The van der Waals surface area contributed by atoms with Crippen molar-refractivity contribution in [3.63, 3.8) is 0 Å². The minimum atomic E-state index is -3.84. The number of hydrogen-bond acceptors (Lipinski definition) is 4. The minimum Gasteiger partial charge on any atom is -0.325 e. The Morgan fingerprint density at radius 3 is 2.61 bits per heavy atom. The number of carbonyl (C=O) groups excluding carboxylic acids is 2. The van der Waals surface area contributed by atoms with Gasteiger partial charge < -0.3 is 10.2 Å². The van der Waals surface area contributed by atoms with Crippen molar-refractivity contribution < 1.29 is 18.0 Å². The summed E-state index contributed by atoms with van der Waals surface area (Å²) in [4.78, 5) is 26.7. The Bertz CT molecular complexity index is 1150. The van der Waals surface area contributed by atoms with E-state index in [1.807, 2.05) is 32.0 Å². The smallest absolute Gasteiger partial charge is 0.243 e. The van der Waals surface area contributed by atoms with Crippen LogP contribution in [0.25, 0.3) is 0 Å². The quantitative estimate of drug-likeness (QED) is 0.790. The fourth-order valence-corrected chi connectivity index (χ4v) is 6.33. The van der Waals surface area contributed by atoms with Crippen LogP contribution in [-0.2, 0) is 26.0 Å². The third-order valence-corrected chi connectivity index (χ3v) is 7.91. The predicted octanol–water partition coefficient (Wildman–Crippen LogP) is 3.08. The van der Waals surface area contributed by atoms with Crippen LogP contribution in [0, 0.1) is 6.92 Å². The molecule has 2 aromatic carbocycles. The van der Waals surface area contributed by atoms with E-state index in [1.165, 1.54) is 17.3 Å². The van der Waals surface area contributed by atoms with E-state index in [2.05, 4.69) is 5.32 Å². The summed E-state index contributed by atoms with van der Waals surface area (Å²) in [7, 11) is -3.84. The number of nitrogens with zero attached hydrogens (tertiary/aromatic N) is 2. The van der Waals surface area contributed by atoms with Crippen molar-refractivity contribution in [2.75, 3.05) is 16.8 Å². The number of rotatable bonds is 4. The van der Waals surface area contributed by atoms with E-state index in [4.69, 9.17) is 0 Å². The molecule has 2 aliphatic rings. The van der Waals surface area contributed by atoms with Gasteiger partial charge >= 0.3 is 0 Å². The van der Waals surface area contributed by atoms with E-state index in [1.54, 1.807) is 23.1 Å². The Labute approximate surface area is 183 Å². The first-order valence-electron chi connectivity index (χ1n) is 10.5. The molecule has 1 fully saturated rings. The lowest BCUT2D eigenvalue weighted by atomic mass is 10.1. The molecule has 2 atom stereocenters. The highest BCUT2D eigenvalue weighted by molar-refractivity contribution is 7.89. The van der Waals surface area contributed by atoms with Crippen molar-refractivity contribution in [2.24, 2.45) is 0 Å². The summed E-state index contributed by atoms with van der Waals surface area (Å²) in [6.07, 6.45) is 1.72. The summed E-state index contributed by atoms with van der Waals surface area (Å²) in [6.45, 7) is 5.70. The first-order valence-corrected chi connectivity index (χ1v) is 11.9. The van der Waals surface area contributed by atoms with Crippen LogP contribution < -0.4 is 10.2 Å². The molecule has 2 heterocycles. The van der Waals surface area contributed by atoms with E-state index < -0.39 is 16.1 Å². The fraction of sp³-hybridized carbons (Fsp3) is 0.391. The molecule has 7 nitrogen and oxygen atoms in total. The largest absolute Gasteiger partial charge is 0.325 e. The summed E-state index contributed by atoms with van der Waals surface area (Å²) < 4.78 is 28.1. The lowest BCUT2D eigenvalue weighted by molar-refractivity contribution is -0.119. The van der Waals surface area contributed by atoms with Crippen molar-refractivity contribution >= 4 is 33.2 Å². The first-order chi connectivity index (χ1) is 14.7. The Balaban J connectivity index is 1.59. The summed E-state index contributed by atoms with van der Waals surface area (Å²) in [5, 5.41) is 2.85. The van der Waals surface area contributed by atoms with Gasteiger partial charge in [0.05, 0.1) is 4.90 Å². The summed E-state index contributed by atoms with van der Waals surface area (Å²) in [5.74, 6) is -0.376. The Hall–Kier alpha value is -2.71. The van der Waals surface area contributed by atoms with Crippen molar-refractivity contribution in [3.8, 4) is 0 Å². The Morgan fingerprint density at radius 1 is 1.13 bits per heavy atom. The molecule has 164 valence electrons. The molecule has 0 unspecified atom stereocenters. The van der Waals surface area contributed by atoms with Crippen LogP contribution in [-0.4, -0.2) is 43.2 Å².